The summed E-state index contributed by atoms with van der Waals surface area (Å²) in [4.78, 5) is 25.3. The zero-order valence-corrected chi connectivity index (χ0v) is 16.5. The van der Waals surface area contributed by atoms with Crippen molar-refractivity contribution in [3.05, 3.63) is 87.7 Å². The van der Waals surface area contributed by atoms with Gasteiger partial charge in [0.15, 0.2) is 5.78 Å². The van der Waals surface area contributed by atoms with Crippen LogP contribution in [0, 0.1) is 0 Å². The second-order valence-corrected chi connectivity index (χ2v) is 7.19. The molecule has 0 fully saturated rings. The number of fused-ring (bicyclic) bond motifs is 1. The first kappa shape index (κ1) is 18.9. The Morgan fingerprint density at radius 3 is 2.86 bits per heavy atom. The van der Waals surface area contributed by atoms with Gasteiger partial charge >= 0.3 is 0 Å². The summed E-state index contributed by atoms with van der Waals surface area (Å²) in [6, 6.07) is 16.0. The van der Waals surface area contributed by atoms with Crippen LogP contribution in [-0.4, -0.2) is 22.7 Å². The van der Waals surface area contributed by atoms with Crippen molar-refractivity contribution in [2.45, 2.75) is 25.8 Å². The van der Waals surface area contributed by atoms with Gasteiger partial charge in [-0.3, -0.25) is 9.59 Å². The summed E-state index contributed by atoms with van der Waals surface area (Å²) in [7, 11) is 1.60. The number of hydrogen-bond acceptors (Lipinski definition) is 4. The predicted molar refractivity (Wildman–Crippen MR) is 113 cm³/mol. The molecule has 1 aliphatic rings. The minimum Gasteiger partial charge on any atom is -0.497 e. The van der Waals surface area contributed by atoms with E-state index in [4.69, 9.17) is 4.74 Å². The Kier molecular flexibility index (Phi) is 5.12. The summed E-state index contributed by atoms with van der Waals surface area (Å²) in [5, 5.41) is 4.46. The van der Waals surface area contributed by atoms with E-state index in [1.54, 1.807) is 20.1 Å². The van der Waals surface area contributed by atoms with E-state index in [1.165, 1.54) is 21.9 Å². The van der Waals surface area contributed by atoms with E-state index < -0.39 is 6.04 Å². The minimum absolute atomic E-state index is 0.0479. The van der Waals surface area contributed by atoms with Crippen molar-refractivity contribution in [3.63, 3.8) is 0 Å². The molecule has 1 heterocycles. The molecule has 0 bridgehead atoms. The van der Waals surface area contributed by atoms with Gasteiger partial charge in [-0.05, 0) is 48.2 Å². The Balaban J connectivity index is 1.58. The van der Waals surface area contributed by atoms with Gasteiger partial charge in [-0.25, -0.2) is 4.68 Å². The predicted octanol–water partition coefficient (Wildman–Crippen LogP) is 3.86. The summed E-state index contributed by atoms with van der Waals surface area (Å²) < 4.78 is 6.53. The Morgan fingerprint density at radius 2 is 2.03 bits per heavy atom. The van der Waals surface area contributed by atoms with Crippen LogP contribution in [0.15, 0.2) is 65.5 Å². The van der Waals surface area contributed by atoms with E-state index in [9.17, 15) is 9.59 Å². The van der Waals surface area contributed by atoms with Crippen LogP contribution in [-0.2, 0) is 17.6 Å². The SMILES string of the molecule is COc1cccc(-c2ccc(=O)n(C(C)C(=O)Cc3ccc4c(c3)CC=C4)n2)c1. The number of ether oxygens (including phenoxy) is 1. The second-order valence-electron chi connectivity index (χ2n) is 7.19. The fraction of sp³-hybridized carbons (Fsp3) is 0.208. The highest BCUT2D eigenvalue weighted by molar-refractivity contribution is 5.84. The van der Waals surface area contributed by atoms with E-state index in [0.717, 1.165) is 17.5 Å². The van der Waals surface area contributed by atoms with Gasteiger partial charge in [-0.2, -0.15) is 5.10 Å². The summed E-state index contributed by atoms with van der Waals surface area (Å²) in [5.74, 6) is 0.658. The smallest absolute Gasteiger partial charge is 0.267 e. The van der Waals surface area contributed by atoms with E-state index >= 15 is 0 Å². The van der Waals surface area contributed by atoms with Crippen LogP contribution >= 0.6 is 0 Å². The average molecular weight is 386 g/mol. The number of carbonyl (C=O) groups excluding carboxylic acids is 1. The molecule has 0 amide bonds. The number of methoxy groups -OCH3 is 1. The van der Waals surface area contributed by atoms with Gasteiger partial charge in [0.1, 0.15) is 11.8 Å². The van der Waals surface area contributed by atoms with Gasteiger partial charge in [-0.15, -0.1) is 0 Å². The molecule has 146 valence electrons. The number of allylic oxidation sites excluding steroid dienone is 1. The van der Waals surface area contributed by atoms with Crippen LogP contribution < -0.4 is 10.3 Å². The summed E-state index contributed by atoms with van der Waals surface area (Å²) in [6.45, 7) is 1.72. The van der Waals surface area contributed by atoms with E-state index in [-0.39, 0.29) is 17.8 Å². The second kappa shape index (κ2) is 7.87. The third kappa shape index (κ3) is 3.90. The molecular weight excluding hydrogens is 364 g/mol. The number of nitrogens with zero attached hydrogens (tertiary/aromatic N) is 2. The number of benzene rings is 2. The Morgan fingerprint density at radius 1 is 1.17 bits per heavy atom. The lowest BCUT2D eigenvalue weighted by atomic mass is 10.00. The first-order chi connectivity index (χ1) is 14.0. The van der Waals surface area contributed by atoms with Crippen LogP contribution in [0.3, 0.4) is 0 Å². The first-order valence-electron chi connectivity index (χ1n) is 9.60. The van der Waals surface area contributed by atoms with Gasteiger partial charge in [-0.1, -0.05) is 42.5 Å². The zero-order valence-electron chi connectivity index (χ0n) is 16.5. The maximum atomic E-state index is 12.9. The lowest BCUT2D eigenvalue weighted by Crippen LogP contribution is -2.30. The monoisotopic (exact) mass is 386 g/mol. The van der Waals surface area contributed by atoms with Crippen molar-refractivity contribution >= 4 is 11.9 Å². The molecule has 1 aliphatic carbocycles. The fourth-order valence-electron chi connectivity index (χ4n) is 3.55. The number of rotatable bonds is 6. The van der Waals surface area contributed by atoms with Gasteiger partial charge in [0, 0.05) is 18.1 Å². The largest absolute Gasteiger partial charge is 0.497 e. The Hall–Kier alpha value is -3.47. The topological polar surface area (TPSA) is 61.2 Å². The first-order valence-corrected chi connectivity index (χ1v) is 9.60. The molecule has 4 rings (SSSR count). The van der Waals surface area contributed by atoms with E-state index in [1.807, 2.05) is 36.4 Å². The highest BCUT2D eigenvalue weighted by Gasteiger charge is 2.19. The molecule has 0 radical (unpaired) electrons. The molecule has 1 atom stereocenters. The molecule has 0 N–H and O–H groups in total. The van der Waals surface area contributed by atoms with Gasteiger partial charge < -0.3 is 4.74 Å². The van der Waals surface area contributed by atoms with Gasteiger partial charge in [0.05, 0.1) is 12.8 Å². The van der Waals surface area contributed by atoms with Crippen molar-refractivity contribution in [1.29, 1.82) is 0 Å². The minimum atomic E-state index is -0.653. The number of Topliss-reactive ketones (excluding diaryl/α,β-unsaturated/α-hetero) is 1. The van der Waals surface area contributed by atoms with Crippen molar-refractivity contribution in [3.8, 4) is 17.0 Å². The molecule has 3 aromatic rings. The van der Waals surface area contributed by atoms with Crippen molar-refractivity contribution in [2.75, 3.05) is 7.11 Å². The van der Waals surface area contributed by atoms with Crippen molar-refractivity contribution in [2.24, 2.45) is 0 Å². The molecule has 0 spiro atoms. The number of hydrogen-bond donors (Lipinski definition) is 0. The maximum absolute atomic E-state index is 12.9. The Bertz CT molecular complexity index is 1160. The van der Waals surface area contributed by atoms with Crippen LogP contribution in [0.25, 0.3) is 17.3 Å². The van der Waals surface area contributed by atoms with Crippen LogP contribution in [0.1, 0.15) is 29.7 Å². The lowest BCUT2D eigenvalue weighted by Gasteiger charge is -2.15. The quantitative estimate of drug-likeness (QED) is 0.645. The number of aromatic nitrogens is 2. The van der Waals surface area contributed by atoms with Crippen LogP contribution in [0.4, 0.5) is 0 Å². The fourth-order valence-corrected chi connectivity index (χ4v) is 3.55. The van der Waals surface area contributed by atoms with Crippen molar-refractivity contribution in [1.82, 2.24) is 9.78 Å². The molecule has 29 heavy (non-hydrogen) atoms. The molecule has 0 saturated carbocycles. The van der Waals surface area contributed by atoms with E-state index in [0.29, 0.717) is 11.4 Å². The highest BCUT2D eigenvalue weighted by atomic mass is 16.5. The summed E-state index contributed by atoms with van der Waals surface area (Å²) in [5.41, 5.74) is 4.55. The standard InChI is InChI=1S/C24H22N2O3/c1-16(23(27)14-17-9-10-18-5-3-6-19(18)13-17)26-24(28)12-11-22(25-26)20-7-4-8-21(15-20)29-2/h3-5,7-13,15-16H,6,14H2,1-2H3. The third-order valence-electron chi connectivity index (χ3n) is 5.24. The molecule has 0 saturated heterocycles. The Labute approximate surface area is 169 Å². The van der Waals surface area contributed by atoms with Gasteiger partial charge in [0.2, 0.25) is 0 Å². The normalized spacial score (nSPS) is 13.2. The molecular formula is C24H22N2O3. The number of carbonyl (C=O) groups is 1. The summed E-state index contributed by atoms with van der Waals surface area (Å²) in [6.07, 6.45) is 5.38. The van der Waals surface area contributed by atoms with Crippen LogP contribution in [0.5, 0.6) is 5.75 Å². The summed E-state index contributed by atoms with van der Waals surface area (Å²) >= 11 is 0. The third-order valence-corrected chi connectivity index (χ3v) is 5.24. The molecule has 2 aromatic carbocycles. The number of ketones is 1. The molecule has 5 nitrogen and oxygen atoms in total. The average Bonchev–Trinajstić information content (AvgIpc) is 3.21. The lowest BCUT2D eigenvalue weighted by molar-refractivity contribution is -0.121. The van der Waals surface area contributed by atoms with Crippen molar-refractivity contribution < 1.29 is 9.53 Å². The molecule has 1 aromatic heterocycles. The molecule has 0 aliphatic heterocycles. The molecule has 1 unspecified atom stereocenters. The van der Waals surface area contributed by atoms with Crippen LogP contribution in [0.2, 0.25) is 0 Å². The maximum Gasteiger partial charge on any atom is 0.267 e. The molecule has 5 heteroatoms. The van der Waals surface area contributed by atoms with E-state index in [2.05, 4.69) is 23.3 Å². The zero-order chi connectivity index (χ0) is 20.4. The van der Waals surface area contributed by atoms with Gasteiger partial charge in [0.25, 0.3) is 5.56 Å². The highest BCUT2D eigenvalue weighted by Crippen LogP contribution is 2.23.